The normalized spacial score (nSPS) is 12.1. The first-order valence-electron chi connectivity index (χ1n) is 10.2. The molecule has 0 aliphatic rings. The number of para-hydroxylation sites is 1. The van der Waals surface area contributed by atoms with Crippen molar-refractivity contribution < 1.29 is 23.9 Å². The fourth-order valence-corrected chi connectivity index (χ4v) is 2.74. The predicted octanol–water partition coefficient (Wildman–Crippen LogP) is 5.34. The van der Waals surface area contributed by atoms with Gasteiger partial charge >= 0.3 is 12.1 Å². The molecule has 2 aromatic carbocycles. The second kappa shape index (κ2) is 10.1. The van der Waals surface area contributed by atoms with Gasteiger partial charge in [0.05, 0.1) is 5.56 Å². The van der Waals surface area contributed by atoms with Gasteiger partial charge in [0.1, 0.15) is 5.60 Å². The summed E-state index contributed by atoms with van der Waals surface area (Å²) in [4.78, 5) is 36.7. The maximum absolute atomic E-state index is 12.5. The third-order valence-corrected chi connectivity index (χ3v) is 4.26. The first-order chi connectivity index (χ1) is 14.5. The minimum Gasteiger partial charge on any atom is -0.449 e. The van der Waals surface area contributed by atoms with E-state index in [9.17, 15) is 14.4 Å². The molecule has 0 aliphatic carbocycles. The van der Waals surface area contributed by atoms with Crippen molar-refractivity contribution in [2.75, 3.05) is 10.6 Å². The second-order valence-electron chi connectivity index (χ2n) is 8.48. The maximum Gasteiger partial charge on any atom is 0.412 e. The number of carbonyl (C=O) groups excluding carboxylic acids is 3. The Labute approximate surface area is 183 Å². The van der Waals surface area contributed by atoms with Crippen molar-refractivity contribution >= 4 is 29.3 Å². The minimum atomic E-state index is -0.979. The SMILES string of the molecule is CC(C)c1ccccc1NC(=O)[C@H](C)OC(=O)c1ccc(NC(=O)OC(C)(C)C)cc1. The Morgan fingerprint density at radius 1 is 0.871 bits per heavy atom. The van der Waals surface area contributed by atoms with Gasteiger partial charge in [-0.1, -0.05) is 32.0 Å². The van der Waals surface area contributed by atoms with Crippen LogP contribution in [0.5, 0.6) is 0 Å². The van der Waals surface area contributed by atoms with Gasteiger partial charge in [0, 0.05) is 11.4 Å². The van der Waals surface area contributed by atoms with Gasteiger partial charge in [-0.2, -0.15) is 0 Å². The smallest absolute Gasteiger partial charge is 0.412 e. The highest BCUT2D eigenvalue weighted by atomic mass is 16.6. The van der Waals surface area contributed by atoms with E-state index in [1.54, 1.807) is 32.9 Å². The van der Waals surface area contributed by atoms with Crippen molar-refractivity contribution in [3.63, 3.8) is 0 Å². The molecular weight excluding hydrogens is 396 g/mol. The van der Waals surface area contributed by atoms with Crippen LogP contribution in [0.2, 0.25) is 0 Å². The van der Waals surface area contributed by atoms with Gasteiger partial charge < -0.3 is 14.8 Å². The van der Waals surface area contributed by atoms with Crippen LogP contribution in [0.4, 0.5) is 16.2 Å². The van der Waals surface area contributed by atoms with E-state index in [0.717, 1.165) is 5.56 Å². The first kappa shape index (κ1) is 23.9. The number of hydrogen-bond acceptors (Lipinski definition) is 5. The molecule has 2 rings (SSSR count). The molecular formula is C24H30N2O5. The molecule has 31 heavy (non-hydrogen) atoms. The molecule has 2 aromatic rings. The van der Waals surface area contributed by atoms with Crippen molar-refractivity contribution in [1.82, 2.24) is 0 Å². The number of benzene rings is 2. The highest BCUT2D eigenvalue weighted by Crippen LogP contribution is 2.24. The Balaban J connectivity index is 1.95. The molecule has 2 amide bonds. The fraction of sp³-hybridized carbons (Fsp3) is 0.375. The van der Waals surface area contributed by atoms with Crippen molar-refractivity contribution in [1.29, 1.82) is 0 Å². The molecule has 0 saturated heterocycles. The van der Waals surface area contributed by atoms with Crippen LogP contribution in [0.3, 0.4) is 0 Å². The van der Waals surface area contributed by atoms with Crippen LogP contribution in [-0.4, -0.2) is 29.7 Å². The van der Waals surface area contributed by atoms with E-state index < -0.39 is 29.7 Å². The van der Waals surface area contributed by atoms with E-state index in [-0.39, 0.29) is 11.5 Å². The Morgan fingerprint density at radius 2 is 1.48 bits per heavy atom. The molecule has 7 heteroatoms. The van der Waals surface area contributed by atoms with E-state index in [1.807, 2.05) is 38.1 Å². The lowest BCUT2D eigenvalue weighted by Gasteiger charge is -2.19. The van der Waals surface area contributed by atoms with Crippen LogP contribution < -0.4 is 10.6 Å². The summed E-state index contributed by atoms with van der Waals surface area (Å²) in [5.41, 5.74) is 1.82. The van der Waals surface area contributed by atoms with Crippen LogP contribution in [0.1, 0.15) is 63.4 Å². The molecule has 0 saturated carbocycles. The lowest BCUT2D eigenvalue weighted by Crippen LogP contribution is -2.30. The molecule has 0 radical (unpaired) electrons. The van der Waals surface area contributed by atoms with Gasteiger partial charge in [0.25, 0.3) is 5.91 Å². The fourth-order valence-electron chi connectivity index (χ4n) is 2.74. The summed E-state index contributed by atoms with van der Waals surface area (Å²) in [6.07, 6.45) is -1.57. The summed E-state index contributed by atoms with van der Waals surface area (Å²) < 4.78 is 10.5. The van der Waals surface area contributed by atoms with Gasteiger partial charge in [-0.25, -0.2) is 9.59 Å². The van der Waals surface area contributed by atoms with Crippen molar-refractivity contribution in [2.24, 2.45) is 0 Å². The van der Waals surface area contributed by atoms with Crippen LogP contribution in [0.15, 0.2) is 48.5 Å². The standard InChI is InChI=1S/C24H30N2O5/c1-15(2)19-9-7-8-10-20(19)26-21(27)16(3)30-22(28)17-11-13-18(14-12-17)25-23(29)31-24(4,5)6/h7-16H,1-6H3,(H,25,29)(H,26,27)/t16-/m0/s1. The Morgan fingerprint density at radius 3 is 2.06 bits per heavy atom. The third-order valence-electron chi connectivity index (χ3n) is 4.26. The molecule has 2 N–H and O–H groups in total. The van der Waals surface area contributed by atoms with E-state index >= 15 is 0 Å². The highest BCUT2D eigenvalue weighted by Gasteiger charge is 2.21. The van der Waals surface area contributed by atoms with Crippen LogP contribution >= 0.6 is 0 Å². The molecule has 1 atom stereocenters. The summed E-state index contributed by atoms with van der Waals surface area (Å²) in [7, 11) is 0. The Bertz CT molecular complexity index is 930. The average Bonchev–Trinajstić information content (AvgIpc) is 2.67. The molecule has 0 aromatic heterocycles. The quantitative estimate of drug-likeness (QED) is 0.608. The Kier molecular flexibility index (Phi) is 7.80. The number of anilines is 2. The topological polar surface area (TPSA) is 93.7 Å². The van der Waals surface area contributed by atoms with Crippen LogP contribution in [0, 0.1) is 0 Å². The zero-order valence-corrected chi connectivity index (χ0v) is 18.8. The monoisotopic (exact) mass is 426 g/mol. The van der Waals surface area contributed by atoms with Crippen molar-refractivity contribution in [2.45, 2.75) is 59.2 Å². The van der Waals surface area contributed by atoms with Crippen molar-refractivity contribution in [3.05, 3.63) is 59.7 Å². The number of amides is 2. The zero-order valence-electron chi connectivity index (χ0n) is 18.8. The van der Waals surface area contributed by atoms with E-state index in [2.05, 4.69) is 10.6 Å². The summed E-state index contributed by atoms with van der Waals surface area (Å²) in [5, 5.41) is 5.41. The molecule has 166 valence electrons. The van der Waals surface area contributed by atoms with Gasteiger partial charge in [-0.15, -0.1) is 0 Å². The molecule has 0 aliphatic heterocycles. The number of nitrogens with one attached hydrogen (secondary N) is 2. The lowest BCUT2D eigenvalue weighted by atomic mass is 10.0. The molecule has 0 fully saturated rings. The lowest BCUT2D eigenvalue weighted by molar-refractivity contribution is -0.123. The van der Waals surface area contributed by atoms with Gasteiger partial charge in [0.15, 0.2) is 6.10 Å². The van der Waals surface area contributed by atoms with E-state index in [4.69, 9.17) is 9.47 Å². The number of ether oxygens (including phenoxy) is 2. The average molecular weight is 427 g/mol. The Hall–Kier alpha value is -3.35. The minimum absolute atomic E-state index is 0.238. The van der Waals surface area contributed by atoms with Gasteiger partial charge in [0.2, 0.25) is 0 Å². The number of rotatable bonds is 6. The summed E-state index contributed by atoms with van der Waals surface area (Å²) in [6.45, 7) is 10.9. The molecule has 0 bridgehead atoms. The van der Waals surface area contributed by atoms with E-state index in [0.29, 0.717) is 11.4 Å². The maximum atomic E-state index is 12.5. The summed E-state index contributed by atoms with van der Waals surface area (Å²) in [5.74, 6) is -0.810. The van der Waals surface area contributed by atoms with Crippen molar-refractivity contribution in [3.8, 4) is 0 Å². The van der Waals surface area contributed by atoms with Gasteiger partial charge in [-0.05, 0) is 69.5 Å². The first-order valence-corrected chi connectivity index (χ1v) is 10.2. The molecule has 0 unspecified atom stereocenters. The molecule has 0 spiro atoms. The summed E-state index contributed by atoms with van der Waals surface area (Å²) >= 11 is 0. The number of esters is 1. The second-order valence-corrected chi connectivity index (χ2v) is 8.48. The van der Waals surface area contributed by atoms with E-state index in [1.165, 1.54) is 19.1 Å². The molecule has 0 heterocycles. The van der Waals surface area contributed by atoms with Gasteiger partial charge in [-0.3, -0.25) is 10.1 Å². The highest BCUT2D eigenvalue weighted by molar-refractivity contribution is 5.98. The third kappa shape index (κ3) is 7.44. The number of carbonyl (C=O) groups is 3. The zero-order chi connectivity index (χ0) is 23.2. The van der Waals surface area contributed by atoms with Crippen LogP contribution in [-0.2, 0) is 14.3 Å². The largest absolute Gasteiger partial charge is 0.449 e. The number of hydrogen-bond donors (Lipinski definition) is 2. The predicted molar refractivity (Wildman–Crippen MR) is 120 cm³/mol. The van der Waals surface area contributed by atoms with Crippen LogP contribution in [0.25, 0.3) is 0 Å². The molecule has 7 nitrogen and oxygen atoms in total. The summed E-state index contributed by atoms with van der Waals surface area (Å²) in [6, 6.07) is 13.7.